The molecule has 0 saturated carbocycles. The molecule has 0 spiro atoms. The Morgan fingerprint density at radius 2 is 2.14 bits per heavy atom. The Kier molecular flexibility index (Phi) is 6.12. The number of hydrogen-bond acceptors (Lipinski definition) is 4. The zero-order chi connectivity index (χ0) is 16.0. The van der Waals surface area contributed by atoms with Crippen molar-refractivity contribution in [1.82, 2.24) is 4.90 Å². The normalized spacial score (nSPS) is 11.0. The van der Waals surface area contributed by atoms with Crippen molar-refractivity contribution in [3.63, 3.8) is 0 Å². The van der Waals surface area contributed by atoms with E-state index in [1.807, 2.05) is 6.07 Å². The third kappa shape index (κ3) is 4.99. The Labute approximate surface area is 127 Å². The lowest BCUT2D eigenvalue weighted by atomic mass is 10.3. The van der Waals surface area contributed by atoms with Gasteiger partial charge in [0.2, 0.25) is 5.91 Å². The summed E-state index contributed by atoms with van der Waals surface area (Å²) < 4.78 is 37.1. The van der Waals surface area contributed by atoms with Gasteiger partial charge in [-0.1, -0.05) is 11.6 Å². The first kappa shape index (κ1) is 17.4. The van der Waals surface area contributed by atoms with Crippen LogP contribution in [0.25, 0.3) is 0 Å². The van der Waals surface area contributed by atoms with Crippen LogP contribution in [-0.2, 0) is 14.6 Å². The minimum atomic E-state index is -3.71. The first-order chi connectivity index (χ1) is 9.77. The van der Waals surface area contributed by atoms with E-state index in [1.54, 1.807) is 0 Å². The average molecular weight is 333 g/mol. The van der Waals surface area contributed by atoms with Gasteiger partial charge in [-0.25, -0.2) is 12.8 Å². The van der Waals surface area contributed by atoms with Crippen LogP contribution < -0.4 is 0 Å². The molecule has 1 aromatic carbocycles. The summed E-state index contributed by atoms with van der Waals surface area (Å²) in [6.45, 7) is 0.248. The summed E-state index contributed by atoms with van der Waals surface area (Å²) in [5.74, 6) is -1.48. The van der Waals surface area contributed by atoms with Crippen LogP contribution in [0.4, 0.5) is 4.39 Å². The van der Waals surface area contributed by atoms with Gasteiger partial charge in [0.25, 0.3) is 0 Å². The number of nitrogens with zero attached hydrogens (tertiary/aromatic N) is 2. The van der Waals surface area contributed by atoms with Gasteiger partial charge in [0.15, 0.2) is 9.84 Å². The number of amides is 1. The van der Waals surface area contributed by atoms with Crippen molar-refractivity contribution in [1.29, 1.82) is 5.26 Å². The molecule has 8 heteroatoms. The fraction of sp³-hybridized carbons (Fsp3) is 0.385. The maximum Gasteiger partial charge on any atom is 0.223 e. The lowest BCUT2D eigenvalue weighted by Gasteiger charge is -2.15. The molecule has 0 bridgehead atoms. The zero-order valence-electron chi connectivity index (χ0n) is 11.3. The van der Waals surface area contributed by atoms with Crippen LogP contribution in [0.1, 0.15) is 12.8 Å². The van der Waals surface area contributed by atoms with Gasteiger partial charge in [-0.05, 0) is 18.2 Å². The van der Waals surface area contributed by atoms with Gasteiger partial charge in [-0.15, -0.1) is 0 Å². The van der Waals surface area contributed by atoms with E-state index in [9.17, 15) is 17.6 Å². The molecule has 1 rings (SSSR count). The molecule has 114 valence electrons. The monoisotopic (exact) mass is 332 g/mol. The summed E-state index contributed by atoms with van der Waals surface area (Å²) >= 11 is 5.55. The highest BCUT2D eigenvalue weighted by molar-refractivity contribution is 7.91. The van der Waals surface area contributed by atoms with Crippen molar-refractivity contribution in [3.8, 4) is 6.07 Å². The summed E-state index contributed by atoms with van der Waals surface area (Å²) in [5.41, 5.74) is 0. The molecule has 0 unspecified atom stereocenters. The molecule has 21 heavy (non-hydrogen) atoms. The van der Waals surface area contributed by atoms with Crippen molar-refractivity contribution in [3.05, 3.63) is 29.0 Å². The van der Waals surface area contributed by atoms with Gasteiger partial charge >= 0.3 is 0 Å². The predicted octanol–water partition coefficient (Wildman–Crippen LogP) is 2.01. The Bertz CT molecular complexity index is 670. The van der Waals surface area contributed by atoms with Crippen LogP contribution >= 0.6 is 11.6 Å². The predicted molar refractivity (Wildman–Crippen MR) is 75.9 cm³/mol. The second-order valence-electron chi connectivity index (χ2n) is 4.37. The highest BCUT2D eigenvalue weighted by Crippen LogP contribution is 2.20. The number of hydrogen-bond donors (Lipinski definition) is 0. The van der Waals surface area contributed by atoms with Gasteiger partial charge in [-0.2, -0.15) is 5.26 Å². The van der Waals surface area contributed by atoms with Gasteiger partial charge in [0, 0.05) is 20.0 Å². The minimum absolute atomic E-state index is 0.124. The standard InChI is InChI=1S/C13H14ClFN2O3S/c1-17(7-2-6-16)13(18)5-8-21(19,20)10-3-4-12(15)11(14)9-10/h3-4,9H,2,5,7-8H2,1H3. The topological polar surface area (TPSA) is 78.2 Å². The molecule has 0 aliphatic rings. The van der Waals surface area contributed by atoms with Gasteiger partial charge in [-0.3, -0.25) is 4.79 Å². The Balaban J connectivity index is 2.71. The molecule has 0 radical (unpaired) electrons. The van der Waals surface area contributed by atoms with Crippen LogP contribution in [0.5, 0.6) is 0 Å². The first-order valence-electron chi connectivity index (χ1n) is 6.06. The lowest BCUT2D eigenvalue weighted by Crippen LogP contribution is -2.29. The third-order valence-electron chi connectivity index (χ3n) is 2.82. The zero-order valence-corrected chi connectivity index (χ0v) is 12.9. The van der Waals surface area contributed by atoms with Crippen LogP contribution in [0.3, 0.4) is 0 Å². The number of nitriles is 1. The van der Waals surface area contributed by atoms with E-state index in [0.717, 1.165) is 18.2 Å². The van der Waals surface area contributed by atoms with E-state index >= 15 is 0 Å². The van der Waals surface area contributed by atoms with E-state index in [0.29, 0.717) is 0 Å². The number of benzene rings is 1. The summed E-state index contributed by atoms with van der Waals surface area (Å²) in [6.07, 6.45) is -0.0260. The number of carbonyl (C=O) groups is 1. The summed E-state index contributed by atoms with van der Waals surface area (Å²) in [7, 11) is -2.21. The van der Waals surface area contributed by atoms with E-state index in [1.165, 1.54) is 11.9 Å². The number of halogens is 2. The quantitative estimate of drug-likeness (QED) is 0.746. The lowest BCUT2D eigenvalue weighted by molar-refractivity contribution is -0.129. The molecule has 5 nitrogen and oxygen atoms in total. The maximum absolute atomic E-state index is 13.0. The van der Waals surface area contributed by atoms with Crippen LogP contribution in [-0.4, -0.2) is 38.6 Å². The molecule has 1 aromatic rings. The van der Waals surface area contributed by atoms with Crippen molar-refractivity contribution in [2.75, 3.05) is 19.3 Å². The molecule has 0 atom stereocenters. The molecular weight excluding hydrogens is 319 g/mol. The molecule has 0 N–H and O–H groups in total. The largest absolute Gasteiger partial charge is 0.345 e. The molecule has 0 saturated heterocycles. The van der Waals surface area contributed by atoms with Gasteiger partial charge in [0.05, 0.1) is 28.2 Å². The minimum Gasteiger partial charge on any atom is -0.345 e. The van der Waals surface area contributed by atoms with E-state index < -0.39 is 21.4 Å². The molecule has 0 aliphatic carbocycles. The van der Waals surface area contributed by atoms with E-state index in [-0.39, 0.29) is 35.2 Å². The Morgan fingerprint density at radius 1 is 1.48 bits per heavy atom. The number of sulfone groups is 1. The molecule has 1 amide bonds. The van der Waals surface area contributed by atoms with Crippen molar-refractivity contribution in [2.45, 2.75) is 17.7 Å². The number of carbonyl (C=O) groups excluding carboxylic acids is 1. The fourth-order valence-electron chi connectivity index (χ4n) is 1.54. The van der Waals surface area contributed by atoms with Crippen molar-refractivity contribution < 1.29 is 17.6 Å². The fourth-order valence-corrected chi connectivity index (χ4v) is 3.04. The molecule has 0 fully saturated rings. The summed E-state index contributed by atoms with van der Waals surface area (Å²) in [6, 6.07) is 5.00. The molecule has 0 aromatic heterocycles. The second-order valence-corrected chi connectivity index (χ2v) is 6.88. The average Bonchev–Trinajstić information content (AvgIpc) is 2.44. The van der Waals surface area contributed by atoms with Crippen LogP contribution in [0.15, 0.2) is 23.1 Å². The first-order valence-corrected chi connectivity index (χ1v) is 8.09. The van der Waals surface area contributed by atoms with E-state index in [2.05, 4.69) is 0 Å². The highest BCUT2D eigenvalue weighted by Gasteiger charge is 2.19. The maximum atomic E-state index is 13.0. The summed E-state index contributed by atoms with van der Waals surface area (Å²) in [4.78, 5) is 12.9. The Morgan fingerprint density at radius 3 is 2.71 bits per heavy atom. The molecule has 0 aliphatic heterocycles. The van der Waals surface area contributed by atoms with Crippen LogP contribution in [0.2, 0.25) is 5.02 Å². The van der Waals surface area contributed by atoms with Gasteiger partial charge < -0.3 is 4.90 Å². The SMILES string of the molecule is CN(CCC#N)C(=O)CCS(=O)(=O)c1ccc(F)c(Cl)c1. The molecule has 0 heterocycles. The van der Waals surface area contributed by atoms with Gasteiger partial charge in [0.1, 0.15) is 5.82 Å². The smallest absolute Gasteiger partial charge is 0.223 e. The number of rotatable bonds is 6. The Hall–Kier alpha value is -1.65. The van der Waals surface area contributed by atoms with Crippen molar-refractivity contribution >= 4 is 27.3 Å². The van der Waals surface area contributed by atoms with E-state index in [4.69, 9.17) is 16.9 Å². The van der Waals surface area contributed by atoms with Crippen molar-refractivity contribution in [2.24, 2.45) is 0 Å². The van der Waals surface area contributed by atoms with Crippen LogP contribution in [0, 0.1) is 17.1 Å². The molecular formula is C13H14ClFN2O3S. The highest BCUT2D eigenvalue weighted by atomic mass is 35.5. The second kappa shape index (κ2) is 7.38. The summed E-state index contributed by atoms with van der Waals surface area (Å²) in [5, 5.41) is 8.14. The third-order valence-corrected chi connectivity index (χ3v) is 4.82.